The summed E-state index contributed by atoms with van der Waals surface area (Å²) >= 11 is 6.59. The van der Waals surface area contributed by atoms with E-state index in [1.165, 1.54) is 50.1 Å². The summed E-state index contributed by atoms with van der Waals surface area (Å²) in [5, 5.41) is 4.40. The fourth-order valence-corrected chi connectivity index (χ4v) is 6.29. The number of nitrogens with one attached hydrogen (secondary N) is 1. The molecule has 0 saturated carbocycles. The fourth-order valence-electron chi connectivity index (χ4n) is 6.13. The Labute approximate surface area is 204 Å². The average molecular weight is 456 g/mol. The van der Waals surface area contributed by atoms with E-state index >= 15 is 0 Å². The van der Waals surface area contributed by atoms with Crippen LogP contribution in [0, 0.1) is 6.92 Å². The number of hydrogen-bond acceptors (Lipinski definition) is 1. The average Bonchev–Trinajstić information content (AvgIpc) is 3.34. The van der Waals surface area contributed by atoms with Crippen LogP contribution in [-0.2, 0) is 5.41 Å². The van der Waals surface area contributed by atoms with Gasteiger partial charge in [-0.1, -0.05) is 103 Å². The predicted octanol–water partition coefficient (Wildman–Crippen LogP) is 8.74. The van der Waals surface area contributed by atoms with E-state index in [4.69, 9.17) is 11.6 Å². The molecule has 0 bridgehead atoms. The number of aryl methyl sites for hydroxylation is 1. The molecule has 5 aromatic rings. The highest BCUT2D eigenvalue weighted by Gasteiger charge is 2.51. The number of anilines is 2. The normalized spacial score (nSPS) is 13.8. The van der Waals surface area contributed by atoms with Crippen molar-refractivity contribution in [2.24, 2.45) is 0 Å². The van der Waals surface area contributed by atoms with Crippen LogP contribution >= 0.6 is 11.6 Å². The Hall–Kier alpha value is -3.81. The zero-order chi connectivity index (χ0) is 22.9. The van der Waals surface area contributed by atoms with Gasteiger partial charge in [0.15, 0.2) is 0 Å². The molecule has 162 valence electrons. The molecule has 0 aromatic heterocycles. The van der Waals surface area contributed by atoms with Gasteiger partial charge in [0, 0.05) is 11.3 Å². The second-order valence-electron chi connectivity index (χ2n) is 9.22. The van der Waals surface area contributed by atoms with Crippen molar-refractivity contribution in [3.8, 4) is 22.3 Å². The van der Waals surface area contributed by atoms with E-state index in [-0.39, 0.29) is 5.41 Å². The number of benzene rings is 5. The highest BCUT2D eigenvalue weighted by molar-refractivity contribution is 6.33. The molecule has 34 heavy (non-hydrogen) atoms. The summed E-state index contributed by atoms with van der Waals surface area (Å²) in [6.45, 7) is 2.09. The summed E-state index contributed by atoms with van der Waals surface area (Å²) in [7, 11) is 0. The lowest BCUT2D eigenvalue weighted by atomic mass is 9.70. The molecule has 0 aliphatic heterocycles. The van der Waals surface area contributed by atoms with Gasteiger partial charge in [0.1, 0.15) is 0 Å². The summed E-state index contributed by atoms with van der Waals surface area (Å²) in [5.74, 6) is 0. The van der Waals surface area contributed by atoms with Crippen LogP contribution in [0.3, 0.4) is 0 Å². The van der Waals surface area contributed by atoms with Crippen LogP contribution in [-0.4, -0.2) is 0 Å². The second kappa shape index (κ2) is 7.09. The Balaban J connectivity index is 1.57. The summed E-state index contributed by atoms with van der Waals surface area (Å²) in [6.07, 6.45) is 0. The van der Waals surface area contributed by atoms with E-state index in [0.29, 0.717) is 0 Å². The van der Waals surface area contributed by atoms with E-state index in [0.717, 1.165) is 16.4 Å². The molecule has 5 aromatic carbocycles. The molecule has 7 rings (SSSR count). The molecule has 1 N–H and O–H groups in total. The molecule has 0 atom stereocenters. The minimum atomic E-state index is -0.326. The molecule has 0 unspecified atom stereocenters. The van der Waals surface area contributed by atoms with Crippen LogP contribution in [0.5, 0.6) is 0 Å². The van der Waals surface area contributed by atoms with Crippen molar-refractivity contribution in [3.05, 3.63) is 142 Å². The first kappa shape index (κ1) is 19.6. The van der Waals surface area contributed by atoms with E-state index in [9.17, 15) is 0 Å². The standard InChI is InChI=1S/C32H22ClN/c1-20-17-18-28(33)30(19-20)34-29-16-8-15-27-31(29)23-11-4-7-14-26(23)32(27)24-12-5-2-9-21(24)22-10-3-6-13-25(22)32/h2-19,34H,1H3. The van der Waals surface area contributed by atoms with Gasteiger partial charge in [-0.3, -0.25) is 0 Å². The Morgan fingerprint density at radius 1 is 0.559 bits per heavy atom. The first-order valence-corrected chi connectivity index (χ1v) is 12.0. The maximum Gasteiger partial charge on any atom is 0.0726 e. The van der Waals surface area contributed by atoms with Gasteiger partial charge in [-0.05, 0) is 69.6 Å². The van der Waals surface area contributed by atoms with Crippen molar-refractivity contribution in [3.63, 3.8) is 0 Å². The topological polar surface area (TPSA) is 12.0 Å². The molecule has 0 amide bonds. The van der Waals surface area contributed by atoms with Crippen molar-refractivity contribution in [2.45, 2.75) is 12.3 Å². The molecule has 1 spiro atoms. The van der Waals surface area contributed by atoms with E-state index in [1.54, 1.807) is 0 Å². The maximum atomic E-state index is 6.59. The third-order valence-electron chi connectivity index (χ3n) is 7.41. The van der Waals surface area contributed by atoms with Crippen molar-refractivity contribution in [2.75, 3.05) is 5.32 Å². The molecule has 2 aliphatic carbocycles. The van der Waals surface area contributed by atoms with Crippen LogP contribution in [0.2, 0.25) is 5.02 Å². The molecule has 0 heterocycles. The summed E-state index contributed by atoms with van der Waals surface area (Å²) < 4.78 is 0. The molecular formula is C32H22ClN. The Morgan fingerprint density at radius 2 is 1.12 bits per heavy atom. The molecule has 0 fully saturated rings. The summed E-state index contributed by atoms with van der Waals surface area (Å²) in [6, 6.07) is 39.4. The van der Waals surface area contributed by atoms with E-state index < -0.39 is 0 Å². The van der Waals surface area contributed by atoms with Crippen molar-refractivity contribution < 1.29 is 0 Å². The maximum absolute atomic E-state index is 6.59. The zero-order valence-electron chi connectivity index (χ0n) is 18.8. The van der Waals surface area contributed by atoms with Gasteiger partial charge in [-0.25, -0.2) is 0 Å². The number of hydrogen-bond donors (Lipinski definition) is 1. The number of halogens is 1. The van der Waals surface area contributed by atoms with Gasteiger partial charge >= 0.3 is 0 Å². The molecule has 2 heteroatoms. The van der Waals surface area contributed by atoms with Crippen LogP contribution in [0.25, 0.3) is 22.3 Å². The number of fused-ring (bicyclic) bond motifs is 10. The van der Waals surface area contributed by atoms with E-state index in [1.807, 2.05) is 12.1 Å². The van der Waals surface area contributed by atoms with Gasteiger partial charge in [0.25, 0.3) is 0 Å². The van der Waals surface area contributed by atoms with Gasteiger partial charge in [-0.2, -0.15) is 0 Å². The molecular weight excluding hydrogens is 434 g/mol. The predicted molar refractivity (Wildman–Crippen MR) is 142 cm³/mol. The lowest BCUT2D eigenvalue weighted by Crippen LogP contribution is -2.25. The molecule has 1 nitrogen and oxygen atoms in total. The van der Waals surface area contributed by atoms with Gasteiger partial charge < -0.3 is 5.32 Å². The quantitative estimate of drug-likeness (QED) is 0.275. The number of rotatable bonds is 2. The lowest BCUT2D eigenvalue weighted by Gasteiger charge is -2.30. The summed E-state index contributed by atoms with van der Waals surface area (Å²) in [4.78, 5) is 0. The monoisotopic (exact) mass is 455 g/mol. The molecule has 0 saturated heterocycles. The second-order valence-corrected chi connectivity index (χ2v) is 9.63. The van der Waals surface area contributed by atoms with Crippen molar-refractivity contribution >= 4 is 23.0 Å². The highest BCUT2D eigenvalue weighted by Crippen LogP contribution is 2.63. The van der Waals surface area contributed by atoms with Crippen LogP contribution in [0.1, 0.15) is 27.8 Å². The molecule has 2 aliphatic rings. The van der Waals surface area contributed by atoms with Gasteiger partial charge in [-0.15, -0.1) is 0 Å². The van der Waals surface area contributed by atoms with Crippen molar-refractivity contribution in [1.29, 1.82) is 0 Å². The fraction of sp³-hybridized carbons (Fsp3) is 0.0625. The third-order valence-corrected chi connectivity index (χ3v) is 7.74. The van der Waals surface area contributed by atoms with E-state index in [2.05, 4.69) is 109 Å². The minimum Gasteiger partial charge on any atom is -0.354 e. The zero-order valence-corrected chi connectivity index (χ0v) is 19.5. The highest BCUT2D eigenvalue weighted by atomic mass is 35.5. The molecule has 0 radical (unpaired) electrons. The van der Waals surface area contributed by atoms with Gasteiger partial charge in [0.05, 0.1) is 16.1 Å². The Kier molecular flexibility index (Phi) is 4.10. The Bertz CT molecular complexity index is 1570. The van der Waals surface area contributed by atoms with Crippen molar-refractivity contribution in [1.82, 2.24) is 0 Å². The first-order valence-electron chi connectivity index (χ1n) is 11.7. The third kappa shape index (κ3) is 2.45. The van der Waals surface area contributed by atoms with Crippen LogP contribution in [0.4, 0.5) is 11.4 Å². The van der Waals surface area contributed by atoms with Gasteiger partial charge in [0.2, 0.25) is 0 Å². The summed E-state index contributed by atoms with van der Waals surface area (Å²) in [5.41, 5.74) is 13.4. The SMILES string of the molecule is Cc1ccc(Cl)c(Nc2cccc3c2-c2ccccc2C32c3ccccc3-c3ccccc32)c1. The Morgan fingerprint density at radius 3 is 1.79 bits per heavy atom. The van der Waals surface area contributed by atoms with Crippen LogP contribution < -0.4 is 5.32 Å². The smallest absolute Gasteiger partial charge is 0.0726 e. The van der Waals surface area contributed by atoms with Crippen LogP contribution in [0.15, 0.2) is 109 Å². The first-order chi connectivity index (χ1) is 16.7. The largest absolute Gasteiger partial charge is 0.354 e. The minimum absolute atomic E-state index is 0.326. The lowest BCUT2D eigenvalue weighted by molar-refractivity contribution is 0.794.